The molecule has 2 aromatic rings. The Morgan fingerprint density at radius 3 is 2.74 bits per heavy atom. The Balaban J connectivity index is 1.55. The molecule has 1 aliphatic rings. The number of aromatic nitrogens is 2. The maximum Gasteiger partial charge on any atom is 0.131 e. The highest BCUT2D eigenvalue weighted by Crippen LogP contribution is 2.23. The SMILES string of the molecule is CC(C)c1nccc(CN2CCC(Cc3ccc(O)cc3)C2)n1. The first-order valence-electron chi connectivity index (χ1n) is 8.42. The van der Waals surface area contributed by atoms with Gasteiger partial charge in [0.25, 0.3) is 0 Å². The van der Waals surface area contributed by atoms with Crippen LogP contribution in [0.3, 0.4) is 0 Å². The summed E-state index contributed by atoms with van der Waals surface area (Å²) in [6.45, 7) is 7.41. The van der Waals surface area contributed by atoms with Crippen molar-refractivity contribution in [3.8, 4) is 5.75 Å². The maximum absolute atomic E-state index is 9.36. The summed E-state index contributed by atoms with van der Waals surface area (Å²) >= 11 is 0. The third-order valence-corrected chi connectivity index (χ3v) is 4.46. The highest BCUT2D eigenvalue weighted by molar-refractivity contribution is 5.26. The molecule has 0 spiro atoms. The van der Waals surface area contributed by atoms with Gasteiger partial charge in [-0.2, -0.15) is 0 Å². The summed E-state index contributed by atoms with van der Waals surface area (Å²) in [5.74, 6) is 2.33. The lowest BCUT2D eigenvalue weighted by atomic mass is 9.99. The molecule has 1 aromatic carbocycles. The van der Waals surface area contributed by atoms with E-state index in [1.807, 2.05) is 24.4 Å². The molecule has 4 nitrogen and oxygen atoms in total. The minimum atomic E-state index is 0.339. The third kappa shape index (κ3) is 4.29. The van der Waals surface area contributed by atoms with E-state index in [9.17, 15) is 5.11 Å². The summed E-state index contributed by atoms with van der Waals surface area (Å²) in [6, 6.07) is 9.63. The van der Waals surface area contributed by atoms with Crippen molar-refractivity contribution in [2.45, 2.75) is 39.2 Å². The molecule has 1 fully saturated rings. The van der Waals surface area contributed by atoms with E-state index < -0.39 is 0 Å². The molecule has 3 rings (SSSR count). The number of hydrogen-bond acceptors (Lipinski definition) is 4. The Kier molecular flexibility index (Phi) is 4.91. The van der Waals surface area contributed by atoms with Gasteiger partial charge < -0.3 is 5.11 Å². The van der Waals surface area contributed by atoms with Crippen LogP contribution in [0, 0.1) is 5.92 Å². The quantitative estimate of drug-likeness (QED) is 0.920. The van der Waals surface area contributed by atoms with Gasteiger partial charge in [0.2, 0.25) is 0 Å². The van der Waals surface area contributed by atoms with Gasteiger partial charge >= 0.3 is 0 Å². The van der Waals surface area contributed by atoms with Gasteiger partial charge in [0.05, 0.1) is 5.69 Å². The molecule has 1 aliphatic heterocycles. The second-order valence-electron chi connectivity index (χ2n) is 6.82. The third-order valence-electron chi connectivity index (χ3n) is 4.46. The predicted molar refractivity (Wildman–Crippen MR) is 91.3 cm³/mol. The normalized spacial score (nSPS) is 18.7. The monoisotopic (exact) mass is 311 g/mol. The van der Waals surface area contributed by atoms with Crippen LogP contribution in [0.4, 0.5) is 0 Å². The average molecular weight is 311 g/mol. The molecule has 1 aromatic heterocycles. The summed E-state index contributed by atoms with van der Waals surface area (Å²) in [7, 11) is 0. The van der Waals surface area contributed by atoms with Crippen molar-refractivity contribution < 1.29 is 5.11 Å². The Bertz CT molecular complexity index is 639. The molecule has 0 saturated carbocycles. The van der Waals surface area contributed by atoms with Crippen LogP contribution in [0.1, 0.15) is 43.3 Å². The van der Waals surface area contributed by atoms with Crippen LogP contribution in [0.25, 0.3) is 0 Å². The topological polar surface area (TPSA) is 49.2 Å². The molecule has 1 saturated heterocycles. The average Bonchev–Trinajstić information content (AvgIpc) is 2.97. The lowest BCUT2D eigenvalue weighted by molar-refractivity contribution is 0.312. The molecule has 23 heavy (non-hydrogen) atoms. The van der Waals surface area contributed by atoms with E-state index in [1.54, 1.807) is 12.1 Å². The van der Waals surface area contributed by atoms with Crippen LogP contribution in [-0.2, 0) is 13.0 Å². The van der Waals surface area contributed by atoms with E-state index in [4.69, 9.17) is 0 Å². The van der Waals surface area contributed by atoms with E-state index in [0.29, 0.717) is 17.6 Å². The number of hydrogen-bond donors (Lipinski definition) is 1. The fourth-order valence-electron chi connectivity index (χ4n) is 3.20. The van der Waals surface area contributed by atoms with E-state index in [-0.39, 0.29) is 0 Å². The zero-order valence-electron chi connectivity index (χ0n) is 13.9. The fraction of sp³-hybridized carbons (Fsp3) is 0.474. The molecule has 2 heterocycles. The summed E-state index contributed by atoms with van der Waals surface area (Å²) in [6.07, 6.45) is 4.18. The van der Waals surface area contributed by atoms with Crippen molar-refractivity contribution in [2.24, 2.45) is 5.92 Å². The number of rotatable bonds is 5. The number of phenolic OH excluding ortho intramolecular Hbond substituents is 1. The van der Waals surface area contributed by atoms with E-state index in [1.165, 1.54) is 12.0 Å². The molecule has 1 unspecified atom stereocenters. The zero-order valence-corrected chi connectivity index (χ0v) is 13.9. The molecule has 1 N–H and O–H groups in total. The first-order valence-corrected chi connectivity index (χ1v) is 8.42. The van der Waals surface area contributed by atoms with Crippen molar-refractivity contribution in [1.29, 1.82) is 0 Å². The Hall–Kier alpha value is -1.94. The van der Waals surface area contributed by atoms with Crippen LogP contribution < -0.4 is 0 Å². The summed E-state index contributed by atoms with van der Waals surface area (Å²) < 4.78 is 0. The lowest BCUT2D eigenvalue weighted by Crippen LogP contribution is -2.21. The van der Waals surface area contributed by atoms with Gasteiger partial charge in [-0.05, 0) is 49.1 Å². The summed E-state index contributed by atoms with van der Waals surface area (Å²) in [5, 5.41) is 9.36. The van der Waals surface area contributed by atoms with E-state index in [0.717, 1.165) is 37.6 Å². The van der Waals surface area contributed by atoms with Gasteiger partial charge in [-0.25, -0.2) is 9.97 Å². The van der Waals surface area contributed by atoms with Gasteiger partial charge in [-0.1, -0.05) is 26.0 Å². The molecular weight excluding hydrogens is 286 g/mol. The molecule has 0 amide bonds. The van der Waals surface area contributed by atoms with Crippen LogP contribution in [0.5, 0.6) is 5.75 Å². The molecule has 1 atom stereocenters. The molecule has 0 bridgehead atoms. The van der Waals surface area contributed by atoms with Crippen molar-refractivity contribution in [1.82, 2.24) is 14.9 Å². The van der Waals surface area contributed by atoms with Crippen LogP contribution >= 0.6 is 0 Å². The first-order chi connectivity index (χ1) is 11.1. The van der Waals surface area contributed by atoms with Crippen LogP contribution in [-0.4, -0.2) is 33.1 Å². The van der Waals surface area contributed by atoms with Crippen molar-refractivity contribution in [3.63, 3.8) is 0 Å². The van der Waals surface area contributed by atoms with E-state index >= 15 is 0 Å². The molecular formula is C19H25N3O. The minimum Gasteiger partial charge on any atom is -0.508 e. The number of nitrogens with zero attached hydrogens (tertiary/aromatic N) is 3. The van der Waals surface area contributed by atoms with Crippen molar-refractivity contribution in [2.75, 3.05) is 13.1 Å². The Morgan fingerprint density at radius 1 is 1.22 bits per heavy atom. The second-order valence-corrected chi connectivity index (χ2v) is 6.82. The second kappa shape index (κ2) is 7.09. The molecule has 122 valence electrons. The molecule has 0 aliphatic carbocycles. The highest BCUT2D eigenvalue weighted by Gasteiger charge is 2.23. The Morgan fingerprint density at radius 2 is 2.00 bits per heavy atom. The molecule has 4 heteroatoms. The van der Waals surface area contributed by atoms with Gasteiger partial charge in [-0.15, -0.1) is 0 Å². The van der Waals surface area contributed by atoms with Gasteiger partial charge in [0, 0.05) is 25.2 Å². The van der Waals surface area contributed by atoms with Crippen LogP contribution in [0.2, 0.25) is 0 Å². The van der Waals surface area contributed by atoms with Crippen molar-refractivity contribution in [3.05, 3.63) is 53.6 Å². The fourth-order valence-corrected chi connectivity index (χ4v) is 3.20. The summed E-state index contributed by atoms with van der Waals surface area (Å²) in [5.41, 5.74) is 2.42. The minimum absolute atomic E-state index is 0.339. The first kappa shape index (κ1) is 15.9. The molecule has 0 radical (unpaired) electrons. The maximum atomic E-state index is 9.36. The smallest absolute Gasteiger partial charge is 0.131 e. The predicted octanol–water partition coefficient (Wildman–Crippen LogP) is 3.37. The van der Waals surface area contributed by atoms with E-state index in [2.05, 4.69) is 28.7 Å². The Labute approximate surface area is 138 Å². The van der Waals surface area contributed by atoms with Gasteiger partial charge in [-0.3, -0.25) is 4.90 Å². The van der Waals surface area contributed by atoms with Gasteiger partial charge in [0.15, 0.2) is 0 Å². The number of phenols is 1. The zero-order chi connectivity index (χ0) is 16.2. The number of likely N-dealkylation sites (tertiary alicyclic amines) is 1. The van der Waals surface area contributed by atoms with Crippen LogP contribution in [0.15, 0.2) is 36.5 Å². The summed E-state index contributed by atoms with van der Waals surface area (Å²) in [4.78, 5) is 11.5. The highest BCUT2D eigenvalue weighted by atomic mass is 16.3. The largest absolute Gasteiger partial charge is 0.508 e. The standard InChI is InChI=1S/C19H25N3O/c1-14(2)19-20-9-7-17(21-19)13-22-10-8-16(12-22)11-15-3-5-18(23)6-4-15/h3-7,9,14,16,23H,8,10-13H2,1-2H3. The number of aromatic hydroxyl groups is 1. The lowest BCUT2D eigenvalue weighted by Gasteiger charge is -2.16. The number of benzene rings is 1. The van der Waals surface area contributed by atoms with Crippen molar-refractivity contribution >= 4 is 0 Å². The van der Waals surface area contributed by atoms with Gasteiger partial charge in [0.1, 0.15) is 11.6 Å².